The van der Waals surface area contributed by atoms with Gasteiger partial charge in [0, 0.05) is 25.5 Å². The standard InChI is InChI=1S/C21H20N6O3S/c1-13-23-24-21(31-13)22-19(28)16-11-26(10-15-8-5-9-30-15)12-17-18(16)25-27(20(17)29)14-6-3-2-4-7-14/h2-4,6-7,11-12,15H,5,8-10H2,1H3,(H,22,24,28)/t15-/m1/s1. The Bertz CT molecular complexity index is 1260. The number of ether oxygens (including phenoxy) is 1. The number of anilines is 1. The van der Waals surface area contributed by atoms with E-state index in [9.17, 15) is 9.59 Å². The van der Waals surface area contributed by atoms with Crippen molar-refractivity contribution in [2.75, 3.05) is 11.9 Å². The van der Waals surface area contributed by atoms with Crippen LogP contribution in [0.25, 0.3) is 16.9 Å². The first-order valence-electron chi connectivity index (χ1n) is 10.00. The van der Waals surface area contributed by atoms with Gasteiger partial charge in [0.1, 0.15) is 10.7 Å². The zero-order chi connectivity index (χ0) is 21.4. The van der Waals surface area contributed by atoms with E-state index in [0.29, 0.717) is 34.2 Å². The number of pyridine rings is 1. The molecule has 1 N–H and O–H groups in total. The number of carbonyl (C=O) groups is 1. The minimum atomic E-state index is -0.388. The van der Waals surface area contributed by atoms with E-state index in [4.69, 9.17) is 4.74 Å². The number of hydrogen-bond acceptors (Lipinski definition) is 7. The van der Waals surface area contributed by atoms with Crippen molar-refractivity contribution in [1.82, 2.24) is 24.5 Å². The molecule has 158 valence electrons. The maximum Gasteiger partial charge on any atom is 0.282 e. The predicted molar refractivity (Wildman–Crippen MR) is 116 cm³/mol. The summed E-state index contributed by atoms with van der Waals surface area (Å²) >= 11 is 1.28. The average molecular weight is 436 g/mol. The van der Waals surface area contributed by atoms with Crippen LogP contribution in [0.2, 0.25) is 0 Å². The Labute approximate surface area is 181 Å². The van der Waals surface area contributed by atoms with E-state index < -0.39 is 0 Å². The molecule has 5 rings (SSSR count). The molecule has 0 saturated carbocycles. The Morgan fingerprint density at radius 2 is 2.10 bits per heavy atom. The van der Waals surface area contributed by atoms with Gasteiger partial charge in [-0.25, -0.2) is 0 Å². The van der Waals surface area contributed by atoms with Crippen LogP contribution in [0.3, 0.4) is 0 Å². The molecule has 1 saturated heterocycles. The molecule has 1 fully saturated rings. The SMILES string of the molecule is Cc1nnc(NC(=O)c2cn(C[C@H]3CCCO3)cc3c(=O)n(-c4ccccc4)nc2-3)s1. The normalized spacial score (nSPS) is 16.1. The first-order valence-corrected chi connectivity index (χ1v) is 10.8. The minimum Gasteiger partial charge on any atom is -0.376 e. The number of fused-ring (bicyclic) bond motifs is 1. The highest BCUT2D eigenvalue weighted by Crippen LogP contribution is 2.25. The van der Waals surface area contributed by atoms with Crippen molar-refractivity contribution in [3.63, 3.8) is 0 Å². The van der Waals surface area contributed by atoms with Crippen LogP contribution in [0, 0.1) is 6.92 Å². The van der Waals surface area contributed by atoms with E-state index in [1.807, 2.05) is 29.7 Å². The quantitative estimate of drug-likeness (QED) is 0.516. The van der Waals surface area contributed by atoms with Gasteiger partial charge < -0.3 is 9.30 Å². The van der Waals surface area contributed by atoms with Crippen molar-refractivity contribution < 1.29 is 9.53 Å². The first-order chi connectivity index (χ1) is 15.1. The fraction of sp³-hybridized carbons (Fsp3) is 0.286. The van der Waals surface area contributed by atoms with Crippen molar-refractivity contribution in [3.05, 3.63) is 63.7 Å². The third kappa shape index (κ3) is 3.87. The number of carbonyl (C=O) groups excluding carboxylic acids is 1. The fourth-order valence-electron chi connectivity index (χ4n) is 3.71. The number of aromatic nitrogens is 5. The molecule has 0 spiro atoms. The summed E-state index contributed by atoms with van der Waals surface area (Å²) < 4.78 is 8.91. The molecular weight excluding hydrogens is 416 g/mol. The van der Waals surface area contributed by atoms with Crippen LogP contribution in [0.4, 0.5) is 5.13 Å². The van der Waals surface area contributed by atoms with E-state index in [-0.39, 0.29) is 17.6 Å². The molecule has 4 heterocycles. The van der Waals surface area contributed by atoms with Gasteiger partial charge >= 0.3 is 0 Å². The Kier molecular flexibility index (Phi) is 5.08. The number of hydrogen-bond donors (Lipinski definition) is 1. The van der Waals surface area contributed by atoms with Gasteiger partial charge in [-0.1, -0.05) is 29.5 Å². The number of nitrogens with zero attached hydrogens (tertiary/aromatic N) is 5. The first kappa shape index (κ1) is 19.6. The van der Waals surface area contributed by atoms with Crippen LogP contribution in [0.15, 0.2) is 47.5 Å². The molecular formula is C21H20N6O3S. The molecule has 2 aromatic rings. The molecule has 0 aliphatic carbocycles. The molecule has 1 aromatic heterocycles. The maximum atomic E-state index is 13.2. The summed E-state index contributed by atoms with van der Waals surface area (Å²) in [4.78, 5) is 26.3. The second-order valence-electron chi connectivity index (χ2n) is 7.40. The van der Waals surface area contributed by atoms with Gasteiger partial charge in [0.2, 0.25) is 5.13 Å². The lowest BCUT2D eigenvalue weighted by Gasteiger charge is -2.15. The second-order valence-corrected chi connectivity index (χ2v) is 8.58. The van der Waals surface area contributed by atoms with Crippen LogP contribution in [0.1, 0.15) is 28.2 Å². The summed E-state index contributed by atoms with van der Waals surface area (Å²) in [5.41, 5.74) is 1.39. The zero-order valence-corrected chi connectivity index (χ0v) is 17.6. The lowest BCUT2D eigenvalue weighted by atomic mass is 10.1. The summed E-state index contributed by atoms with van der Waals surface area (Å²) in [5, 5.41) is 16.3. The third-order valence-corrected chi connectivity index (χ3v) is 5.91. The minimum absolute atomic E-state index is 0.0587. The predicted octanol–water partition coefficient (Wildman–Crippen LogP) is 2.73. The van der Waals surface area contributed by atoms with E-state index in [0.717, 1.165) is 24.5 Å². The van der Waals surface area contributed by atoms with Gasteiger partial charge in [0.15, 0.2) is 0 Å². The Morgan fingerprint density at radius 3 is 2.81 bits per heavy atom. The third-order valence-electron chi connectivity index (χ3n) is 5.15. The van der Waals surface area contributed by atoms with Crippen LogP contribution >= 0.6 is 11.3 Å². The highest BCUT2D eigenvalue weighted by molar-refractivity contribution is 7.15. The zero-order valence-electron chi connectivity index (χ0n) is 16.8. The van der Waals surface area contributed by atoms with Gasteiger partial charge in [-0.05, 0) is 31.9 Å². The van der Waals surface area contributed by atoms with E-state index in [1.54, 1.807) is 24.5 Å². The number of nitrogens with one attached hydrogen (secondary N) is 1. The van der Waals surface area contributed by atoms with Crippen molar-refractivity contribution in [2.45, 2.75) is 32.4 Å². The van der Waals surface area contributed by atoms with Crippen molar-refractivity contribution in [1.29, 1.82) is 0 Å². The Morgan fingerprint density at radius 1 is 1.26 bits per heavy atom. The maximum absolute atomic E-state index is 13.2. The van der Waals surface area contributed by atoms with Gasteiger partial charge in [-0.2, -0.15) is 9.78 Å². The molecule has 1 amide bonds. The fourth-order valence-corrected chi connectivity index (χ4v) is 4.30. The molecule has 3 aliphatic rings. The van der Waals surface area contributed by atoms with E-state index in [1.165, 1.54) is 16.0 Å². The summed E-state index contributed by atoms with van der Waals surface area (Å²) in [6.45, 7) is 3.11. The second kappa shape index (κ2) is 8.05. The summed E-state index contributed by atoms with van der Waals surface area (Å²) in [7, 11) is 0. The van der Waals surface area contributed by atoms with E-state index in [2.05, 4.69) is 20.6 Å². The van der Waals surface area contributed by atoms with Gasteiger partial charge in [0.05, 0.1) is 22.9 Å². The van der Waals surface area contributed by atoms with Crippen LogP contribution < -0.4 is 10.9 Å². The van der Waals surface area contributed by atoms with E-state index >= 15 is 0 Å². The van der Waals surface area contributed by atoms with Crippen LogP contribution in [-0.4, -0.2) is 43.2 Å². The highest BCUT2D eigenvalue weighted by Gasteiger charge is 2.26. The van der Waals surface area contributed by atoms with Crippen molar-refractivity contribution in [3.8, 4) is 16.9 Å². The Balaban J connectivity index is 1.60. The molecule has 3 aliphatic heterocycles. The van der Waals surface area contributed by atoms with Gasteiger partial charge in [0.25, 0.3) is 11.5 Å². The number of para-hydroxylation sites is 1. The van der Waals surface area contributed by atoms with Crippen molar-refractivity contribution in [2.24, 2.45) is 0 Å². The number of rotatable bonds is 5. The summed E-state index contributed by atoms with van der Waals surface area (Å²) in [6, 6.07) is 9.15. The Hall–Kier alpha value is -3.37. The molecule has 0 radical (unpaired) electrons. The van der Waals surface area contributed by atoms with Gasteiger partial charge in [-0.3, -0.25) is 14.9 Å². The summed E-state index contributed by atoms with van der Waals surface area (Å²) in [6.07, 6.45) is 5.48. The molecule has 1 aromatic carbocycles. The molecule has 9 nitrogen and oxygen atoms in total. The highest BCUT2D eigenvalue weighted by atomic mass is 32.1. The van der Waals surface area contributed by atoms with Crippen molar-refractivity contribution >= 4 is 22.4 Å². The monoisotopic (exact) mass is 436 g/mol. The van der Waals surface area contributed by atoms with Crippen LogP contribution in [-0.2, 0) is 11.3 Å². The lowest BCUT2D eigenvalue weighted by Crippen LogP contribution is -2.20. The number of benzene rings is 1. The average Bonchev–Trinajstić information content (AvgIpc) is 3.50. The smallest absolute Gasteiger partial charge is 0.282 e. The topological polar surface area (TPSA) is 104 Å². The molecule has 0 unspecified atom stereocenters. The largest absolute Gasteiger partial charge is 0.376 e. The molecule has 1 atom stereocenters. The number of amides is 1. The van der Waals surface area contributed by atoms with Gasteiger partial charge in [-0.15, -0.1) is 10.2 Å². The molecule has 31 heavy (non-hydrogen) atoms. The molecule has 10 heteroatoms. The molecule has 0 bridgehead atoms. The lowest BCUT2D eigenvalue weighted by molar-refractivity contribution is 0.0961. The van der Waals surface area contributed by atoms with Crippen LogP contribution in [0.5, 0.6) is 0 Å². The summed E-state index contributed by atoms with van der Waals surface area (Å²) in [5.74, 6) is -0.388. The number of aryl methyl sites for hydroxylation is 1.